The molecule has 168 valence electrons. The molecule has 0 saturated carbocycles. The van der Waals surface area contributed by atoms with Crippen LogP contribution in [0, 0.1) is 18.6 Å². The second-order valence-corrected chi connectivity index (χ2v) is 8.14. The maximum absolute atomic E-state index is 13.8. The SMILES string of the molecule is Cc1ccccc1NCc1nnc(SCC(=O)Nc2ccc(F)cc2F)n1-c1ccccc1. The zero-order chi connectivity index (χ0) is 23.2. The first-order valence-corrected chi connectivity index (χ1v) is 11.2. The van der Waals surface area contributed by atoms with Crippen LogP contribution < -0.4 is 10.6 Å². The third-order valence-electron chi connectivity index (χ3n) is 4.83. The molecule has 0 saturated heterocycles. The fourth-order valence-electron chi connectivity index (χ4n) is 3.20. The molecule has 0 bridgehead atoms. The number of aromatic nitrogens is 3. The quantitative estimate of drug-likeness (QED) is 0.350. The van der Waals surface area contributed by atoms with Crippen molar-refractivity contribution in [3.8, 4) is 5.69 Å². The normalized spacial score (nSPS) is 10.8. The average molecular weight is 466 g/mol. The summed E-state index contributed by atoms with van der Waals surface area (Å²) in [6.07, 6.45) is 0. The van der Waals surface area contributed by atoms with E-state index in [9.17, 15) is 13.6 Å². The van der Waals surface area contributed by atoms with Crippen molar-refractivity contribution in [2.45, 2.75) is 18.6 Å². The van der Waals surface area contributed by atoms with E-state index in [1.54, 1.807) is 0 Å². The van der Waals surface area contributed by atoms with Crippen LogP contribution in [0.2, 0.25) is 0 Å². The summed E-state index contributed by atoms with van der Waals surface area (Å²) in [5.41, 5.74) is 2.89. The number of rotatable bonds is 8. The second-order valence-electron chi connectivity index (χ2n) is 7.20. The first kappa shape index (κ1) is 22.5. The van der Waals surface area contributed by atoms with E-state index in [-0.39, 0.29) is 11.4 Å². The zero-order valence-corrected chi connectivity index (χ0v) is 18.6. The Hall–Kier alpha value is -3.72. The summed E-state index contributed by atoms with van der Waals surface area (Å²) >= 11 is 1.18. The van der Waals surface area contributed by atoms with Gasteiger partial charge in [-0.1, -0.05) is 48.2 Å². The van der Waals surface area contributed by atoms with Crippen LogP contribution in [-0.2, 0) is 11.3 Å². The van der Waals surface area contributed by atoms with Gasteiger partial charge in [0.25, 0.3) is 0 Å². The lowest BCUT2D eigenvalue weighted by molar-refractivity contribution is -0.113. The molecule has 0 unspecified atom stereocenters. The molecule has 1 amide bonds. The Kier molecular flexibility index (Phi) is 6.99. The highest BCUT2D eigenvalue weighted by Crippen LogP contribution is 2.24. The van der Waals surface area contributed by atoms with Crippen LogP contribution in [0.4, 0.5) is 20.2 Å². The van der Waals surface area contributed by atoms with Gasteiger partial charge in [0.1, 0.15) is 11.6 Å². The van der Waals surface area contributed by atoms with Crippen LogP contribution in [0.1, 0.15) is 11.4 Å². The third kappa shape index (κ3) is 5.56. The summed E-state index contributed by atoms with van der Waals surface area (Å²) in [5, 5.41) is 14.9. The maximum atomic E-state index is 13.8. The molecule has 0 radical (unpaired) electrons. The molecule has 9 heteroatoms. The second kappa shape index (κ2) is 10.3. The number of carbonyl (C=O) groups excluding carboxylic acids is 1. The number of amides is 1. The molecule has 4 rings (SSSR count). The molecule has 3 aromatic carbocycles. The van der Waals surface area contributed by atoms with E-state index in [4.69, 9.17) is 0 Å². The van der Waals surface area contributed by atoms with Gasteiger partial charge in [0.2, 0.25) is 5.91 Å². The van der Waals surface area contributed by atoms with Gasteiger partial charge in [-0.2, -0.15) is 0 Å². The monoisotopic (exact) mass is 465 g/mol. The predicted molar refractivity (Wildman–Crippen MR) is 126 cm³/mol. The Morgan fingerprint density at radius 3 is 2.48 bits per heavy atom. The number of carbonyl (C=O) groups is 1. The highest BCUT2D eigenvalue weighted by Gasteiger charge is 2.17. The predicted octanol–water partition coefficient (Wildman–Crippen LogP) is 5.20. The topological polar surface area (TPSA) is 71.8 Å². The van der Waals surface area contributed by atoms with E-state index in [1.165, 1.54) is 17.8 Å². The number of hydrogen-bond donors (Lipinski definition) is 2. The van der Waals surface area contributed by atoms with Crippen molar-refractivity contribution < 1.29 is 13.6 Å². The fraction of sp³-hybridized carbons (Fsp3) is 0.125. The number of para-hydroxylation sites is 2. The molecule has 6 nitrogen and oxygen atoms in total. The number of benzene rings is 3. The zero-order valence-electron chi connectivity index (χ0n) is 17.8. The summed E-state index contributed by atoms with van der Waals surface area (Å²) in [5.74, 6) is -1.31. The number of nitrogens with one attached hydrogen (secondary N) is 2. The van der Waals surface area contributed by atoms with Crippen LogP contribution in [0.15, 0.2) is 78.0 Å². The molecule has 33 heavy (non-hydrogen) atoms. The molecule has 0 spiro atoms. The van der Waals surface area contributed by atoms with Gasteiger partial charge in [-0.25, -0.2) is 8.78 Å². The van der Waals surface area contributed by atoms with E-state index in [0.717, 1.165) is 29.1 Å². The van der Waals surface area contributed by atoms with Crippen LogP contribution in [0.3, 0.4) is 0 Å². The molecule has 2 N–H and O–H groups in total. The van der Waals surface area contributed by atoms with E-state index in [2.05, 4.69) is 20.8 Å². The van der Waals surface area contributed by atoms with Crippen LogP contribution in [0.5, 0.6) is 0 Å². The van der Waals surface area contributed by atoms with E-state index >= 15 is 0 Å². The van der Waals surface area contributed by atoms with Crippen molar-refractivity contribution >= 4 is 29.0 Å². The molecule has 0 aliphatic carbocycles. The molecule has 0 atom stereocenters. The average Bonchev–Trinajstić information content (AvgIpc) is 3.22. The summed E-state index contributed by atoms with van der Waals surface area (Å²) < 4.78 is 28.8. The molecular formula is C24H21F2N5OS. The maximum Gasteiger partial charge on any atom is 0.234 e. The molecule has 1 heterocycles. The van der Waals surface area contributed by atoms with Gasteiger partial charge in [-0.15, -0.1) is 10.2 Å². The summed E-state index contributed by atoms with van der Waals surface area (Å²) in [6.45, 7) is 2.45. The first-order valence-electron chi connectivity index (χ1n) is 10.2. The van der Waals surface area contributed by atoms with E-state index < -0.39 is 17.5 Å². The van der Waals surface area contributed by atoms with Gasteiger partial charge in [0, 0.05) is 17.4 Å². The molecule has 1 aromatic heterocycles. The Bertz CT molecular complexity index is 1260. The van der Waals surface area contributed by atoms with Crippen LogP contribution in [-0.4, -0.2) is 26.4 Å². The Morgan fingerprint density at radius 1 is 0.970 bits per heavy atom. The van der Waals surface area contributed by atoms with E-state index in [1.807, 2.05) is 66.1 Å². The molecule has 0 aliphatic heterocycles. The van der Waals surface area contributed by atoms with Gasteiger partial charge >= 0.3 is 0 Å². The van der Waals surface area contributed by atoms with Gasteiger partial charge in [0.05, 0.1) is 18.0 Å². The van der Waals surface area contributed by atoms with Crippen molar-refractivity contribution in [1.29, 1.82) is 0 Å². The number of thioether (sulfide) groups is 1. The molecule has 0 aliphatic rings. The Labute approximate surface area is 194 Å². The van der Waals surface area contributed by atoms with E-state index in [0.29, 0.717) is 17.5 Å². The van der Waals surface area contributed by atoms with Crippen LogP contribution >= 0.6 is 11.8 Å². The Morgan fingerprint density at radius 2 is 1.73 bits per heavy atom. The van der Waals surface area contributed by atoms with Gasteiger partial charge in [0.15, 0.2) is 11.0 Å². The smallest absolute Gasteiger partial charge is 0.234 e. The van der Waals surface area contributed by atoms with Crippen LogP contribution in [0.25, 0.3) is 5.69 Å². The highest BCUT2D eigenvalue weighted by molar-refractivity contribution is 7.99. The molecule has 4 aromatic rings. The van der Waals surface area contributed by atoms with Gasteiger partial charge in [-0.05, 0) is 42.8 Å². The summed E-state index contributed by atoms with van der Waals surface area (Å²) in [6, 6.07) is 20.5. The largest absolute Gasteiger partial charge is 0.378 e. The van der Waals surface area contributed by atoms with Crippen molar-refractivity contribution in [1.82, 2.24) is 14.8 Å². The molecule has 0 fully saturated rings. The number of nitrogens with zero attached hydrogens (tertiary/aromatic N) is 3. The van der Waals surface area contributed by atoms with Crippen molar-refractivity contribution in [2.75, 3.05) is 16.4 Å². The number of anilines is 2. The minimum Gasteiger partial charge on any atom is -0.378 e. The summed E-state index contributed by atoms with van der Waals surface area (Å²) in [7, 11) is 0. The van der Waals surface area contributed by atoms with Gasteiger partial charge < -0.3 is 10.6 Å². The minimum absolute atomic E-state index is 0.0208. The summed E-state index contributed by atoms with van der Waals surface area (Å²) in [4.78, 5) is 12.4. The standard InChI is InChI=1S/C24H21F2N5OS/c1-16-7-5-6-10-20(16)27-14-22-29-30-24(31(22)18-8-3-2-4-9-18)33-15-23(32)28-21-12-11-17(25)13-19(21)26/h2-13,27H,14-15H2,1H3,(H,28,32). The van der Waals surface area contributed by atoms with Gasteiger partial charge in [-0.3, -0.25) is 9.36 Å². The highest BCUT2D eigenvalue weighted by atomic mass is 32.2. The number of halogens is 2. The Balaban J connectivity index is 1.50. The lowest BCUT2D eigenvalue weighted by atomic mass is 10.2. The lowest BCUT2D eigenvalue weighted by Gasteiger charge is -2.12. The lowest BCUT2D eigenvalue weighted by Crippen LogP contribution is -2.16. The fourth-order valence-corrected chi connectivity index (χ4v) is 3.97. The van der Waals surface area contributed by atoms with Crippen molar-refractivity contribution in [3.63, 3.8) is 0 Å². The number of hydrogen-bond acceptors (Lipinski definition) is 5. The first-order chi connectivity index (χ1) is 16.0. The minimum atomic E-state index is -0.828. The number of aryl methyl sites for hydroxylation is 1. The van der Waals surface area contributed by atoms with Crippen molar-refractivity contribution in [3.05, 3.63) is 95.8 Å². The molecular weight excluding hydrogens is 444 g/mol. The third-order valence-corrected chi connectivity index (χ3v) is 5.76. The van der Waals surface area contributed by atoms with Crippen molar-refractivity contribution in [2.24, 2.45) is 0 Å².